The second-order valence-corrected chi connectivity index (χ2v) is 4.60. The minimum absolute atomic E-state index is 0.00907. The molecule has 100 valence electrons. The van der Waals surface area contributed by atoms with E-state index < -0.39 is 11.2 Å². The molecule has 1 aliphatic heterocycles. The van der Waals surface area contributed by atoms with Crippen LogP contribution in [0.1, 0.15) is 19.8 Å². The molecule has 2 unspecified atom stereocenters. The Balaban J connectivity index is 2.24. The number of hydrogen-bond acceptors (Lipinski definition) is 5. The van der Waals surface area contributed by atoms with Crippen molar-refractivity contribution in [2.75, 3.05) is 11.9 Å². The van der Waals surface area contributed by atoms with Crippen molar-refractivity contribution in [2.24, 2.45) is 14.1 Å². The smallest absolute Gasteiger partial charge is 0.346 e. The zero-order valence-corrected chi connectivity index (χ0v) is 10.8. The second-order valence-electron chi connectivity index (χ2n) is 4.60. The first-order valence-electron chi connectivity index (χ1n) is 6.03. The van der Waals surface area contributed by atoms with Gasteiger partial charge in [0.15, 0.2) is 0 Å². The summed E-state index contributed by atoms with van der Waals surface area (Å²) in [5.41, 5.74) is -0.849. The molecule has 1 aliphatic rings. The first-order valence-corrected chi connectivity index (χ1v) is 6.03. The normalized spacial score (nSPS) is 20.9. The molecule has 0 spiro atoms. The summed E-state index contributed by atoms with van der Waals surface area (Å²) in [6.07, 6.45) is 2.10. The number of nitrogens with one attached hydrogen (secondary N) is 1. The summed E-state index contributed by atoms with van der Waals surface area (Å²) >= 11 is 0. The van der Waals surface area contributed by atoms with Gasteiger partial charge in [-0.05, 0) is 19.8 Å². The number of rotatable bonds is 3. The summed E-state index contributed by atoms with van der Waals surface area (Å²) in [7, 11) is 2.96. The molecule has 1 aromatic heterocycles. The molecule has 1 saturated heterocycles. The fourth-order valence-corrected chi connectivity index (χ4v) is 2.09. The van der Waals surface area contributed by atoms with Crippen molar-refractivity contribution >= 4 is 5.82 Å². The van der Waals surface area contributed by atoms with Crippen LogP contribution in [0.15, 0.2) is 9.59 Å². The number of ether oxygens (including phenoxy) is 1. The van der Waals surface area contributed by atoms with Crippen molar-refractivity contribution in [1.29, 1.82) is 0 Å². The Bertz CT molecular complexity index is 542. The molecule has 1 aromatic rings. The lowest BCUT2D eigenvalue weighted by atomic mass is 10.1. The molecule has 0 radical (unpaired) electrons. The topological polar surface area (TPSA) is 78.2 Å². The van der Waals surface area contributed by atoms with Crippen LogP contribution in [0.25, 0.3) is 0 Å². The SMILES string of the molecule is CC(Nc1nn(C)c(=O)n(C)c1=O)C1CCCO1. The molecular formula is C11H18N4O3. The van der Waals surface area contributed by atoms with Crippen molar-refractivity contribution in [3.8, 4) is 0 Å². The van der Waals surface area contributed by atoms with Crippen LogP contribution in [0.2, 0.25) is 0 Å². The predicted octanol–water partition coefficient (Wildman–Crippen LogP) is -0.542. The lowest BCUT2D eigenvalue weighted by molar-refractivity contribution is 0.0994. The molecule has 0 bridgehead atoms. The van der Waals surface area contributed by atoms with Crippen LogP contribution >= 0.6 is 0 Å². The van der Waals surface area contributed by atoms with Crippen LogP contribution in [0, 0.1) is 0 Å². The Morgan fingerprint density at radius 3 is 2.78 bits per heavy atom. The molecule has 0 aromatic carbocycles. The van der Waals surface area contributed by atoms with E-state index in [9.17, 15) is 9.59 Å². The molecule has 1 fully saturated rings. The Hall–Kier alpha value is -1.63. The lowest BCUT2D eigenvalue weighted by Gasteiger charge is -2.20. The van der Waals surface area contributed by atoms with Gasteiger partial charge in [0.25, 0.3) is 5.56 Å². The third-order valence-corrected chi connectivity index (χ3v) is 3.21. The van der Waals surface area contributed by atoms with E-state index in [1.165, 1.54) is 14.1 Å². The van der Waals surface area contributed by atoms with E-state index in [2.05, 4.69) is 10.4 Å². The molecule has 2 atom stereocenters. The van der Waals surface area contributed by atoms with E-state index in [0.29, 0.717) is 0 Å². The maximum Gasteiger partial charge on any atom is 0.346 e. The van der Waals surface area contributed by atoms with Gasteiger partial charge in [-0.3, -0.25) is 9.36 Å². The highest BCUT2D eigenvalue weighted by Crippen LogP contribution is 2.16. The van der Waals surface area contributed by atoms with Gasteiger partial charge in [-0.1, -0.05) is 0 Å². The van der Waals surface area contributed by atoms with E-state index in [-0.39, 0.29) is 18.0 Å². The van der Waals surface area contributed by atoms with Crippen LogP contribution in [0.3, 0.4) is 0 Å². The van der Waals surface area contributed by atoms with Crippen LogP contribution in [0.5, 0.6) is 0 Å². The van der Waals surface area contributed by atoms with Gasteiger partial charge in [-0.2, -0.15) is 0 Å². The maximum absolute atomic E-state index is 11.9. The number of nitrogens with zero attached hydrogens (tertiary/aromatic N) is 3. The molecule has 2 rings (SSSR count). The monoisotopic (exact) mass is 254 g/mol. The molecular weight excluding hydrogens is 236 g/mol. The van der Waals surface area contributed by atoms with Gasteiger partial charge >= 0.3 is 5.69 Å². The van der Waals surface area contributed by atoms with Crippen LogP contribution in [-0.2, 0) is 18.8 Å². The molecule has 1 N–H and O–H groups in total. The fraction of sp³-hybridized carbons (Fsp3) is 0.727. The van der Waals surface area contributed by atoms with Crippen molar-refractivity contribution in [1.82, 2.24) is 14.3 Å². The third-order valence-electron chi connectivity index (χ3n) is 3.21. The van der Waals surface area contributed by atoms with E-state index in [1.54, 1.807) is 0 Å². The summed E-state index contributed by atoms with van der Waals surface area (Å²) < 4.78 is 7.73. The summed E-state index contributed by atoms with van der Waals surface area (Å²) in [6, 6.07) is -0.00907. The molecule has 18 heavy (non-hydrogen) atoms. The summed E-state index contributed by atoms with van der Waals surface area (Å²) in [5.74, 6) is 0.183. The first-order chi connectivity index (χ1) is 8.50. The van der Waals surface area contributed by atoms with Gasteiger partial charge < -0.3 is 10.1 Å². The quantitative estimate of drug-likeness (QED) is 0.783. The van der Waals surface area contributed by atoms with Gasteiger partial charge in [-0.25, -0.2) is 9.48 Å². The highest BCUT2D eigenvalue weighted by Gasteiger charge is 2.23. The van der Waals surface area contributed by atoms with E-state index >= 15 is 0 Å². The zero-order valence-electron chi connectivity index (χ0n) is 10.8. The van der Waals surface area contributed by atoms with E-state index in [4.69, 9.17) is 4.74 Å². The predicted molar refractivity (Wildman–Crippen MR) is 66.8 cm³/mol. The Kier molecular flexibility index (Phi) is 3.51. The van der Waals surface area contributed by atoms with E-state index in [0.717, 1.165) is 28.7 Å². The van der Waals surface area contributed by atoms with Crippen LogP contribution in [0.4, 0.5) is 5.82 Å². The van der Waals surface area contributed by atoms with Crippen LogP contribution < -0.4 is 16.6 Å². The number of aryl methyl sites for hydroxylation is 1. The molecule has 7 nitrogen and oxygen atoms in total. The highest BCUT2D eigenvalue weighted by atomic mass is 16.5. The largest absolute Gasteiger partial charge is 0.376 e. The van der Waals surface area contributed by atoms with Gasteiger partial charge in [0.2, 0.25) is 5.82 Å². The lowest BCUT2D eigenvalue weighted by Crippen LogP contribution is -2.42. The van der Waals surface area contributed by atoms with Gasteiger partial charge in [-0.15, -0.1) is 5.10 Å². The molecule has 7 heteroatoms. The fourth-order valence-electron chi connectivity index (χ4n) is 2.09. The number of hydrogen-bond donors (Lipinski definition) is 1. The summed E-state index contributed by atoms with van der Waals surface area (Å²) in [5, 5.41) is 6.98. The minimum Gasteiger partial charge on any atom is -0.376 e. The second kappa shape index (κ2) is 4.93. The highest BCUT2D eigenvalue weighted by molar-refractivity contribution is 5.31. The third kappa shape index (κ3) is 2.31. The van der Waals surface area contributed by atoms with Gasteiger partial charge in [0, 0.05) is 20.7 Å². The van der Waals surface area contributed by atoms with Crippen molar-refractivity contribution in [3.05, 3.63) is 20.8 Å². The van der Waals surface area contributed by atoms with Gasteiger partial charge in [0.05, 0.1) is 12.1 Å². The standard InChI is InChI=1S/C11H18N4O3/c1-7(8-5-4-6-18-8)12-9-10(16)14(2)11(17)15(3)13-9/h7-8H,4-6H2,1-3H3,(H,12,13). The average Bonchev–Trinajstić information content (AvgIpc) is 2.87. The Morgan fingerprint density at radius 2 is 2.17 bits per heavy atom. The Labute approximate surface area is 104 Å². The Morgan fingerprint density at radius 1 is 1.44 bits per heavy atom. The van der Waals surface area contributed by atoms with Crippen molar-refractivity contribution in [2.45, 2.75) is 31.9 Å². The maximum atomic E-state index is 11.9. The number of anilines is 1. The average molecular weight is 254 g/mol. The summed E-state index contributed by atoms with van der Waals surface area (Å²) in [6.45, 7) is 2.71. The molecule has 0 aliphatic carbocycles. The van der Waals surface area contributed by atoms with Crippen LogP contribution in [-0.4, -0.2) is 33.1 Å². The minimum atomic E-state index is -0.435. The molecule has 2 heterocycles. The van der Waals surface area contributed by atoms with Crippen molar-refractivity contribution < 1.29 is 4.74 Å². The first kappa shape index (κ1) is 12.8. The zero-order chi connectivity index (χ0) is 13.3. The van der Waals surface area contributed by atoms with Gasteiger partial charge in [0.1, 0.15) is 0 Å². The summed E-state index contributed by atoms with van der Waals surface area (Å²) in [4.78, 5) is 23.4. The van der Waals surface area contributed by atoms with Crippen molar-refractivity contribution in [3.63, 3.8) is 0 Å². The number of aromatic nitrogens is 3. The molecule has 0 saturated carbocycles. The molecule has 0 amide bonds. The van der Waals surface area contributed by atoms with E-state index in [1.807, 2.05) is 6.92 Å².